The highest BCUT2D eigenvalue weighted by Gasteiger charge is 2.40. The first kappa shape index (κ1) is 23.3. The molecule has 2 N–H and O–H groups in total. The second kappa shape index (κ2) is 8.99. The molecule has 0 aliphatic heterocycles. The zero-order valence-corrected chi connectivity index (χ0v) is 16.9. The number of aliphatic hydroxyl groups is 1. The number of aromatic nitrogens is 2. The highest BCUT2D eigenvalue weighted by Crippen LogP contribution is 2.35. The summed E-state index contributed by atoms with van der Waals surface area (Å²) >= 11 is 0. The minimum Gasteiger partial charge on any atom is -0.379 e. The van der Waals surface area contributed by atoms with E-state index in [1.807, 2.05) is 0 Å². The first-order valence-corrected chi connectivity index (χ1v) is 9.40. The van der Waals surface area contributed by atoms with E-state index in [4.69, 9.17) is 0 Å². The van der Waals surface area contributed by atoms with Crippen LogP contribution in [-0.4, -0.2) is 27.2 Å². The lowest BCUT2D eigenvalue weighted by Gasteiger charge is -2.18. The van der Waals surface area contributed by atoms with Crippen molar-refractivity contribution in [1.29, 1.82) is 0 Å². The Balaban J connectivity index is 1.99. The van der Waals surface area contributed by atoms with Crippen molar-refractivity contribution < 1.29 is 31.9 Å². The van der Waals surface area contributed by atoms with E-state index in [0.29, 0.717) is 11.8 Å². The molecule has 5 nitrogen and oxygen atoms in total. The molecule has 0 aliphatic rings. The molecule has 0 radical (unpaired) electrons. The van der Waals surface area contributed by atoms with E-state index in [0.717, 1.165) is 23.9 Å². The highest BCUT2D eigenvalue weighted by atomic mass is 19.4. The maximum atomic E-state index is 14.0. The van der Waals surface area contributed by atoms with Gasteiger partial charge in [0.15, 0.2) is 6.10 Å². The van der Waals surface area contributed by atoms with E-state index in [1.165, 1.54) is 19.2 Å². The second-order valence-electron chi connectivity index (χ2n) is 7.22. The van der Waals surface area contributed by atoms with Crippen LogP contribution >= 0.6 is 0 Å². The Morgan fingerprint density at radius 3 is 2.38 bits per heavy atom. The van der Waals surface area contributed by atoms with Crippen LogP contribution < -0.4 is 5.32 Å². The number of alkyl halides is 3. The van der Waals surface area contributed by atoms with Crippen molar-refractivity contribution in [2.24, 2.45) is 0 Å². The molecule has 0 saturated heterocycles. The average molecular weight is 451 g/mol. The van der Waals surface area contributed by atoms with Gasteiger partial charge in [0.2, 0.25) is 0 Å². The summed E-state index contributed by atoms with van der Waals surface area (Å²) in [6.45, 7) is 3.17. The molecule has 168 valence electrons. The largest absolute Gasteiger partial charge is 0.418 e. The minimum atomic E-state index is -4.96. The Morgan fingerprint density at radius 1 is 1.06 bits per heavy atom. The molecule has 32 heavy (non-hydrogen) atoms. The van der Waals surface area contributed by atoms with Gasteiger partial charge < -0.3 is 10.4 Å². The Morgan fingerprint density at radius 2 is 1.78 bits per heavy atom. The Hall–Kier alpha value is -3.40. The van der Waals surface area contributed by atoms with Gasteiger partial charge in [0.25, 0.3) is 5.91 Å². The molecule has 0 bridgehead atoms. The topological polar surface area (TPSA) is 75.1 Å². The molecular formula is C22H18F5N3O2. The average Bonchev–Trinajstić information content (AvgIpc) is 2.72. The Bertz CT molecular complexity index is 1130. The fourth-order valence-corrected chi connectivity index (χ4v) is 3.01. The summed E-state index contributed by atoms with van der Waals surface area (Å²) in [5, 5.41) is 12.1. The number of rotatable bonds is 5. The van der Waals surface area contributed by atoms with E-state index in [1.54, 1.807) is 19.1 Å². The number of hydrogen-bond acceptors (Lipinski definition) is 4. The van der Waals surface area contributed by atoms with Crippen molar-refractivity contribution in [3.63, 3.8) is 0 Å². The third kappa shape index (κ3) is 5.25. The maximum absolute atomic E-state index is 14.0. The number of aliphatic hydroxyl groups excluding tert-OH is 1. The van der Waals surface area contributed by atoms with E-state index >= 15 is 0 Å². The van der Waals surface area contributed by atoms with Gasteiger partial charge in [-0.2, -0.15) is 13.2 Å². The molecule has 0 aliphatic carbocycles. The number of carbonyl (C=O) groups excluding carboxylic acids is 1. The van der Waals surface area contributed by atoms with Gasteiger partial charge in [-0.3, -0.25) is 14.8 Å². The summed E-state index contributed by atoms with van der Waals surface area (Å²) in [6, 6.07) is 6.15. The molecule has 3 rings (SSSR count). The van der Waals surface area contributed by atoms with Gasteiger partial charge in [-0.1, -0.05) is 6.07 Å². The van der Waals surface area contributed by atoms with Gasteiger partial charge in [-0.15, -0.1) is 0 Å². The summed E-state index contributed by atoms with van der Waals surface area (Å²) < 4.78 is 66.4. The first-order chi connectivity index (χ1) is 15.0. The van der Waals surface area contributed by atoms with Crippen LogP contribution in [-0.2, 0) is 0 Å². The van der Waals surface area contributed by atoms with Crippen LogP contribution in [0.15, 0.2) is 48.8 Å². The number of hydrogen-bond donors (Lipinski definition) is 2. The van der Waals surface area contributed by atoms with Gasteiger partial charge >= 0.3 is 6.18 Å². The van der Waals surface area contributed by atoms with Crippen LogP contribution in [0.1, 0.15) is 46.2 Å². The van der Waals surface area contributed by atoms with Crippen LogP contribution in [0.5, 0.6) is 0 Å². The highest BCUT2D eigenvalue weighted by molar-refractivity contribution is 5.96. The lowest BCUT2D eigenvalue weighted by atomic mass is 9.98. The SMILES string of the molecule is Cc1ccc(-c2cc(C(=O)N[C@H](C)c3ncc(F)cc3F)cc(C(O)C(F)(F)F)c2)nc1. The van der Waals surface area contributed by atoms with Crippen LogP contribution in [0.25, 0.3) is 11.3 Å². The lowest BCUT2D eigenvalue weighted by Crippen LogP contribution is -2.28. The third-order valence-corrected chi connectivity index (χ3v) is 4.64. The first-order valence-electron chi connectivity index (χ1n) is 9.40. The minimum absolute atomic E-state index is 0.176. The van der Waals surface area contributed by atoms with Crippen LogP contribution in [0.2, 0.25) is 0 Å². The van der Waals surface area contributed by atoms with Crippen molar-refractivity contribution in [3.05, 3.63) is 82.8 Å². The molecule has 1 amide bonds. The number of halogens is 5. The third-order valence-electron chi connectivity index (χ3n) is 4.64. The molecule has 10 heteroatoms. The number of pyridine rings is 2. The lowest BCUT2D eigenvalue weighted by molar-refractivity contribution is -0.206. The maximum Gasteiger partial charge on any atom is 0.418 e. The van der Waals surface area contributed by atoms with Gasteiger partial charge in [0, 0.05) is 23.4 Å². The fraction of sp³-hybridized carbons (Fsp3) is 0.227. The number of nitrogens with one attached hydrogen (secondary N) is 1. The van der Waals surface area contributed by atoms with Crippen molar-refractivity contribution in [1.82, 2.24) is 15.3 Å². The van der Waals surface area contributed by atoms with Crippen molar-refractivity contribution in [2.45, 2.75) is 32.2 Å². The predicted octanol–water partition coefficient (Wildman–Crippen LogP) is 4.82. The fourth-order valence-electron chi connectivity index (χ4n) is 3.01. The number of benzene rings is 1. The summed E-state index contributed by atoms with van der Waals surface area (Å²) in [5.41, 5.74) is 0.279. The predicted molar refractivity (Wildman–Crippen MR) is 105 cm³/mol. The number of carbonyl (C=O) groups is 1. The normalized spacial score (nSPS) is 13.5. The van der Waals surface area contributed by atoms with E-state index in [9.17, 15) is 31.9 Å². The van der Waals surface area contributed by atoms with Gasteiger partial charge in [0.1, 0.15) is 11.6 Å². The molecule has 2 atom stereocenters. The van der Waals surface area contributed by atoms with E-state index in [-0.39, 0.29) is 16.8 Å². The monoisotopic (exact) mass is 451 g/mol. The molecule has 0 fully saturated rings. The number of amides is 1. The standard InChI is InChI=1S/C22H18F5N3O2/c1-11-3-4-18(28-9-11)13-5-14(20(31)22(25,26)27)7-15(6-13)21(32)30-12(2)19-17(24)8-16(23)10-29-19/h3-10,12,20,31H,1-2H3,(H,30,32)/t12-,20?/m1/s1. The van der Waals surface area contributed by atoms with Gasteiger partial charge in [0.05, 0.1) is 23.6 Å². The quantitative estimate of drug-likeness (QED) is 0.546. The molecular weight excluding hydrogens is 433 g/mol. The Labute approximate surface area is 180 Å². The summed E-state index contributed by atoms with van der Waals surface area (Å²) in [7, 11) is 0. The molecule has 0 saturated carbocycles. The van der Waals surface area contributed by atoms with Crippen LogP contribution in [0.4, 0.5) is 22.0 Å². The van der Waals surface area contributed by atoms with Crippen LogP contribution in [0, 0.1) is 18.6 Å². The summed E-state index contributed by atoms with van der Waals surface area (Å²) in [4.78, 5) is 20.5. The van der Waals surface area contributed by atoms with Crippen LogP contribution in [0.3, 0.4) is 0 Å². The molecule has 1 aromatic carbocycles. The summed E-state index contributed by atoms with van der Waals surface area (Å²) in [6.07, 6.45) is -5.50. The van der Waals surface area contributed by atoms with Gasteiger partial charge in [-0.05, 0) is 49.2 Å². The second-order valence-corrected chi connectivity index (χ2v) is 7.22. The zero-order valence-electron chi connectivity index (χ0n) is 16.9. The van der Waals surface area contributed by atoms with Gasteiger partial charge in [-0.25, -0.2) is 8.78 Å². The molecule has 1 unspecified atom stereocenters. The van der Waals surface area contributed by atoms with Crippen molar-refractivity contribution >= 4 is 5.91 Å². The van der Waals surface area contributed by atoms with Crippen molar-refractivity contribution in [3.8, 4) is 11.3 Å². The van der Waals surface area contributed by atoms with E-state index in [2.05, 4.69) is 15.3 Å². The van der Waals surface area contributed by atoms with E-state index < -0.39 is 41.4 Å². The molecule has 0 spiro atoms. The Kier molecular flexibility index (Phi) is 6.54. The zero-order chi connectivity index (χ0) is 23.6. The molecule has 3 aromatic rings. The summed E-state index contributed by atoms with van der Waals surface area (Å²) in [5.74, 6) is -2.72. The number of nitrogens with zero attached hydrogens (tertiary/aromatic N) is 2. The number of aryl methyl sites for hydroxylation is 1. The van der Waals surface area contributed by atoms with Crippen molar-refractivity contribution in [2.75, 3.05) is 0 Å². The molecule has 2 heterocycles. The molecule has 2 aromatic heterocycles. The smallest absolute Gasteiger partial charge is 0.379 e.